The van der Waals surface area contributed by atoms with Crippen molar-refractivity contribution < 1.29 is 5.11 Å². The van der Waals surface area contributed by atoms with Gasteiger partial charge in [0.05, 0.1) is 6.10 Å². The minimum atomic E-state index is -0.225. The molecule has 1 fully saturated rings. The Labute approximate surface area is 116 Å². The summed E-state index contributed by atoms with van der Waals surface area (Å²) in [5.74, 6) is 0. The quantitative estimate of drug-likeness (QED) is 0.865. The highest BCUT2D eigenvalue weighted by Gasteiger charge is 2.17. The second-order valence-corrected chi connectivity index (χ2v) is 5.44. The first-order chi connectivity index (χ1) is 9.17. The standard InChI is InChI=1S/C15H25N3O/c1-3-15-5-4-14(10-16-15)12-18-8-6-17(7-9-18)11-13(2)19/h4-5,10,13,19H,3,6-9,11-12H2,1-2H3/t13-/m1/s1. The summed E-state index contributed by atoms with van der Waals surface area (Å²) in [7, 11) is 0. The SMILES string of the molecule is CCc1ccc(CN2CCN(C[C@@H](C)O)CC2)cn1. The molecule has 106 valence electrons. The van der Waals surface area contributed by atoms with Crippen LogP contribution in [0, 0.1) is 0 Å². The number of rotatable bonds is 5. The summed E-state index contributed by atoms with van der Waals surface area (Å²) in [6.45, 7) is 10.00. The second kappa shape index (κ2) is 6.98. The molecular weight excluding hydrogens is 238 g/mol. The number of hydrogen-bond acceptors (Lipinski definition) is 4. The van der Waals surface area contributed by atoms with E-state index in [1.165, 1.54) is 5.56 Å². The van der Waals surface area contributed by atoms with Gasteiger partial charge in [-0.1, -0.05) is 13.0 Å². The van der Waals surface area contributed by atoms with Crippen LogP contribution in [0.5, 0.6) is 0 Å². The van der Waals surface area contributed by atoms with Crippen molar-refractivity contribution in [3.8, 4) is 0 Å². The topological polar surface area (TPSA) is 39.6 Å². The Balaban J connectivity index is 1.78. The molecule has 0 spiro atoms. The molecule has 2 rings (SSSR count). The number of aryl methyl sites for hydroxylation is 1. The fourth-order valence-corrected chi connectivity index (χ4v) is 2.52. The van der Waals surface area contributed by atoms with Gasteiger partial charge in [-0.05, 0) is 25.0 Å². The Bertz CT molecular complexity index is 369. The molecule has 0 aromatic carbocycles. The van der Waals surface area contributed by atoms with Crippen molar-refractivity contribution in [1.29, 1.82) is 0 Å². The smallest absolute Gasteiger partial charge is 0.0639 e. The molecule has 1 aromatic rings. The lowest BCUT2D eigenvalue weighted by Crippen LogP contribution is -2.47. The Kier molecular flexibility index (Phi) is 5.31. The minimum absolute atomic E-state index is 0.225. The number of β-amino-alcohol motifs (C(OH)–C–C–N with tert-alkyl or cyclic N) is 1. The zero-order chi connectivity index (χ0) is 13.7. The van der Waals surface area contributed by atoms with Crippen LogP contribution >= 0.6 is 0 Å². The Hall–Kier alpha value is -0.970. The molecule has 19 heavy (non-hydrogen) atoms. The normalized spacial score (nSPS) is 19.5. The number of pyridine rings is 1. The highest BCUT2D eigenvalue weighted by atomic mass is 16.3. The van der Waals surface area contributed by atoms with Crippen LogP contribution in [-0.4, -0.2) is 58.7 Å². The van der Waals surface area contributed by atoms with Crippen molar-refractivity contribution in [2.45, 2.75) is 32.9 Å². The Morgan fingerprint density at radius 1 is 1.21 bits per heavy atom. The molecule has 1 aliphatic rings. The van der Waals surface area contributed by atoms with Crippen LogP contribution in [0.1, 0.15) is 25.1 Å². The Morgan fingerprint density at radius 2 is 1.89 bits per heavy atom. The number of aromatic nitrogens is 1. The summed E-state index contributed by atoms with van der Waals surface area (Å²) < 4.78 is 0. The minimum Gasteiger partial charge on any atom is -0.392 e. The zero-order valence-electron chi connectivity index (χ0n) is 12.0. The molecule has 4 heteroatoms. The van der Waals surface area contributed by atoms with E-state index < -0.39 is 0 Å². The van der Waals surface area contributed by atoms with E-state index in [1.54, 1.807) is 0 Å². The van der Waals surface area contributed by atoms with Crippen LogP contribution in [0.4, 0.5) is 0 Å². The number of nitrogens with zero attached hydrogens (tertiary/aromatic N) is 3. The van der Waals surface area contributed by atoms with Gasteiger partial charge < -0.3 is 5.11 Å². The second-order valence-electron chi connectivity index (χ2n) is 5.44. The van der Waals surface area contributed by atoms with Gasteiger partial charge in [0, 0.05) is 51.2 Å². The van der Waals surface area contributed by atoms with Crippen molar-refractivity contribution in [3.05, 3.63) is 29.6 Å². The van der Waals surface area contributed by atoms with Crippen LogP contribution in [-0.2, 0) is 13.0 Å². The lowest BCUT2D eigenvalue weighted by atomic mass is 10.2. The molecule has 1 aromatic heterocycles. The third kappa shape index (κ3) is 4.56. The van der Waals surface area contributed by atoms with E-state index in [1.807, 2.05) is 13.1 Å². The third-order valence-electron chi connectivity index (χ3n) is 3.64. The van der Waals surface area contributed by atoms with E-state index in [4.69, 9.17) is 0 Å². The Morgan fingerprint density at radius 3 is 2.42 bits per heavy atom. The van der Waals surface area contributed by atoms with Gasteiger partial charge in [0.25, 0.3) is 0 Å². The van der Waals surface area contributed by atoms with Gasteiger partial charge in [-0.15, -0.1) is 0 Å². The maximum absolute atomic E-state index is 9.39. The molecule has 2 heterocycles. The average molecular weight is 263 g/mol. The molecule has 0 radical (unpaired) electrons. The molecule has 0 amide bonds. The highest BCUT2D eigenvalue weighted by Crippen LogP contribution is 2.09. The first kappa shape index (κ1) is 14.4. The number of hydrogen-bond donors (Lipinski definition) is 1. The maximum Gasteiger partial charge on any atom is 0.0639 e. The van der Waals surface area contributed by atoms with Gasteiger partial charge in [0.1, 0.15) is 0 Å². The fourth-order valence-electron chi connectivity index (χ4n) is 2.52. The van der Waals surface area contributed by atoms with Gasteiger partial charge in [-0.25, -0.2) is 0 Å². The molecule has 0 bridgehead atoms. The molecule has 4 nitrogen and oxygen atoms in total. The van der Waals surface area contributed by atoms with E-state index in [0.29, 0.717) is 0 Å². The third-order valence-corrected chi connectivity index (χ3v) is 3.64. The monoisotopic (exact) mass is 263 g/mol. The van der Waals surface area contributed by atoms with Gasteiger partial charge >= 0.3 is 0 Å². The molecule has 1 N–H and O–H groups in total. The zero-order valence-corrected chi connectivity index (χ0v) is 12.0. The molecule has 0 unspecified atom stereocenters. The van der Waals surface area contributed by atoms with Crippen molar-refractivity contribution in [3.63, 3.8) is 0 Å². The van der Waals surface area contributed by atoms with Crippen molar-refractivity contribution in [1.82, 2.24) is 14.8 Å². The average Bonchev–Trinajstić information content (AvgIpc) is 2.41. The number of aliphatic hydroxyl groups excluding tert-OH is 1. The van der Waals surface area contributed by atoms with Gasteiger partial charge in [-0.3, -0.25) is 14.8 Å². The highest BCUT2D eigenvalue weighted by molar-refractivity contribution is 5.14. The summed E-state index contributed by atoms with van der Waals surface area (Å²) in [5.41, 5.74) is 2.45. The fraction of sp³-hybridized carbons (Fsp3) is 0.667. The molecule has 1 atom stereocenters. The largest absolute Gasteiger partial charge is 0.392 e. The molecule has 0 saturated carbocycles. The molecule has 1 saturated heterocycles. The van der Waals surface area contributed by atoms with E-state index >= 15 is 0 Å². The molecule has 0 aliphatic carbocycles. The van der Waals surface area contributed by atoms with Crippen molar-refractivity contribution in [2.24, 2.45) is 0 Å². The summed E-state index contributed by atoms with van der Waals surface area (Å²) in [4.78, 5) is 9.24. The predicted octanol–water partition coefficient (Wildman–Crippen LogP) is 1.14. The summed E-state index contributed by atoms with van der Waals surface area (Å²) >= 11 is 0. The molecular formula is C15H25N3O. The summed E-state index contributed by atoms with van der Waals surface area (Å²) in [5, 5.41) is 9.39. The first-order valence-electron chi connectivity index (χ1n) is 7.24. The van der Waals surface area contributed by atoms with Crippen LogP contribution < -0.4 is 0 Å². The number of piperazine rings is 1. The van der Waals surface area contributed by atoms with Crippen LogP contribution in [0.15, 0.2) is 18.3 Å². The summed E-state index contributed by atoms with van der Waals surface area (Å²) in [6.07, 6.45) is 2.77. The van der Waals surface area contributed by atoms with Crippen molar-refractivity contribution in [2.75, 3.05) is 32.7 Å². The van der Waals surface area contributed by atoms with Crippen molar-refractivity contribution >= 4 is 0 Å². The first-order valence-corrected chi connectivity index (χ1v) is 7.24. The van der Waals surface area contributed by atoms with E-state index in [2.05, 4.69) is 33.8 Å². The van der Waals surface area contributed by atoms with Gasteiger partial charge in [0.2, 0.25) is 0 Å². The van der Waals surface area contributed by atoms with Crippen LogP contribution in [0.25, 0.3) is 0 Å². The van der Waals surface area contributed by atoms with E-state index in [0.717, 1.165) is 51.4 Å². The maximum atomic E-state index is 9.39. The predicted molar refractivity (Wildman–Crippen MR) is 77.0 cm³/mol. The van der Waals surface area contributed by atoms with E-state index in [-0.39, 0.29) is 6.10 Å². The lowest BCUT2D eigenvalue weighted by molar-refractivity contribution is 0.0780. The van der Waals surface area contributed by atoms with Gasteiger partial charge in [-0.2, -0.15) is 0 Å². The molecule has 1 aliphatic heterocycles. The number of aliphatic hydroxyl groups is 1. The van der Waals surface area contributed by atoms with Crippen LogP contribution in [0.3, 0.4) is 0 Å². The van der Waals surface area contributed by atoms with Crippen LogP contribution in [0.2, 0.25) is 0 Å². The van der Waals surface area contributed by atoms with Gasteiger partial charge in [0.15, 0.2) is 0 Å². The lowest BCUT2D eigenvalue weighted by Gasteiger charge is -2.35. The van der Waals surface area contributed by atoms with E-state index in [9.17, 15) is 5.11 Å². The summed E-state index contributed by atoms with van der Waals surface area (Å²) in [6, 6.07) is 4.31.